The SMILES string of the molecule is CN(Cc1ccoc1CNC(C)(C)C)CC1CCCN1C. The van der Waals surface area contributed by atoms with E-state index in [2.05, 4.69) is 56.0 Å². The summed E-state index contributed by atoms with van der Waals surface area (Å²) in [4.78, 5) is 4.89. The summed E-state index contributed by atoms with van der Waals surface area (Å²) in [6.45, 7) is 10.7. The van der Waals surface area contributed by atoms with Gasteiger partial charge in [0, 0.05) is 30.2 Å². The molecule has 4 nitrogen and oxygen atoms in total. The Bertz CT molecular complexity index is 435. The van der Waals surface area contributed by atoms with E-state index in [-0.39, 0.29) is 5.54 Å². The maximum Gasteiger partial charge on any atom is 0.122 e. The normalized spacial score (nSPS) is 20.6. The van der Waals surface area contributed by atoms with Gasteiger partial charge in [-0.3, -0.25) is 0 Å². The summed E-state index contributed by atoms with van der Waals surface area (Å²) < 4.78 is 5.65. The van der Waals surface area contributed by atoms with Crippen LogP contribution in [0.15, 0.2) is 16.7 Å². The Morgan fingerprint density at radius 2 is 2.19 bits per heavy atom. The van der Waals surface area contributed by atoms with Gasteiger partial charge in [0.25, 0.3) is 0 Å². The average Bonchev–Trinajstić information content (AvgIpc) is 2.96. The molecule has 0 amide bonds. The van der Waals surface area contributed by atoms with Crippen LogP contribution in [0.3, 0.4) is 0 Å². The van der Waals surface area contributed by atoms with Crippen LogP contribution in [-0.4, -0.2) is 48.6 Å². The van der Waals surface area contributed by atoms with Crippen LogP contribution < -0.4 is 5.32 Å². The number of hydrogen-bond acceptors (Lipinski definition) is 4. The minimum absolute atomic E-state index is 0.114. The fourth-order valence-electron chi connectivity index (χ4n) is 2.93. The first-order chi connectivity index (χ1) is 9.85. The second-order valence-corrected chi connectivity index (χ2v) is 7.45. The molecule has 1 saturated heterocycles. The second kappa shape index (κ2) is 6.95. The topological polar surface area (TPSA) is 31.7 Å². The average molecular weight is 293 g/mol. The first kappa shape index (κ1) is 16.5. The third-order valence-corrected chi connectivity index (χ3v) is 4.25. The van der Waals surface area contributed by atoms with Gasteiger partial charge in [-0.1, -0.05) is 0 Å². The van der Waals surface area contributed by atoms with Crippen molar-refractivity contribution in [3.05, 3.63) is 23.7 Å². The molecule has 0 saturated carbocycles. The highest BCUT2D eigenvalue weighted by Crippen LogP contribution is 2.18. The molecule has 0 spiro atoms. The number of nitrogens with one attached hydrogen (secondary N) is 1. The molecule has 0 radical (unpaired) electrons. The van der Waals surface area contributed by atoms with Gasteiger partial charge < -0.3 is 19.5 Å². The molecular formula is C17H31N3O. The summed E-state index contributed by atoms with van der Waals surface area (Å²) in [5, 5.41) is 3.50. The lowest BCUT2D eigenvalue weighted by molar-refractivity contribution is 0.214. The van der Waals surface area contributed by atoms with E-state index in [0.29, 0.717) is 6.04 Å². The van der Waals surface area contributed by atoms with Gasteiger partial charge in [-0.15, -0.1) is 0 Å². The zero-order valence-corrected chi connectivity index (χ0v) is 14.3. The van der Waals surface area contributed by atoms with Crippen molar-refractivity contribution < 1.29 is 4.42 Å². The fourth-order valence-corrected chi connectivity index (χ4v) is 2.93. The molecule has 2 rings (SSSR count). The largest absolute Gasteiger partial charge is 0.468 e. The van der Waals surface area contributed by atoms with Gasteiger partial charge in [0.05, 0.1) is 12.8 Å². The van der Waals surface area contributed by atoms with Crippen molar-refractivity contribution in [2.45, 2.75) is 58.3 Å². The van der Waals surface area contributed by atoms with Gasteiger partial charge in [-0.25, -0.2) is 0 Å². The van der Waals surface area contributed by atoms with Crippen molar-refractivity contribution in [1.82, 2.24) is 15.1 Å². The molecule has 1 aliphatic heterocycles. The number of rotatable bonds is 6. The molecule has 1 N–H and O–H groups in total. The van der Waals surface area contributed by atoms with Gasteiger partial charge in [0.15, 0.2) is 0 Å². The molecule has 120 valence electrons. The van der Waals surface area contributed by atoms with E-state index >= 15 is 0 Å². The Kier molecular flexibility index (Phi) is 5.47. The van der Waals surface area contributed by atoms with Gasteiger partial charge >= 0.3 is 0 Å². The van der Waals surface area contributed by atoms with Crippen LogP contribution >= 0.6 is 0 Å². The summed E-state index contributed by atoms with van der Waals surface area (Å²) in [7, 11) is 4.45. The Morgan fingerprint density at radius 1 is 1.43 bits per heavy atom. The Labute approximate surface area is 129 Å². The highest BCUT2D eigenvalue weighted by Gasteiger charge is 2.22. The molecule has 1 aromatic heterocycles. The molecule has 1 atom stereocenters. The summed E-state index contributed by atoms with van der Waals surface area (Å²) in [5.74, 6) is 1.07. The molecule has 2 heterocycles. The first-order valence-corrected chi connectivity index (χ1v) is 8.04. The predicted octanol–water partition coefficient (Wildman–Crippen LogP) is 2.69. The van der Waals surface area contributed by atoms with Crippen LogP contribution in [0.5, 0.6) is 0 Å². The minimum atomic E-state index is 0.114. The molecule has 1 aliphatic rings. The van der Waals surface area contributed by atoms with Crippen molar-refractivity contribution >= 4 is 0 Å². The van der Waals surface area contributed by atoms with Crippen LogP contribution in [0.4, 0.5) is 0 Å². The maximum absolute atomic E-state index is 5.65. The third kappa shape index (κ3) is 5.13. The number of likely N-dealkylation sites (tertiary alicyclic amines) is 1. The summed E-state index contributed by atoms with van der Waals surface area (Å²) in [5.41, 5.74) is 1.41. The van der Waals surface area contributed by atoms with E-state index in [1.807, 2.05) is 6.26 Å². The molecule has 1 unspecified atom stereocenters. The van der Waals surface area contributed by atoms with Crippen molar-refractivity contribution in [2.75, 3.05) is 27.2 Å². The van der Waals surface area contributed by atoms with Gasteiger partial charge in [0.1, 0.15) is 5.76 Å². The smallest absolute Gasteiger partial charge is 0.122 e. The number of hydrogen-bond donors (Lipinski definition) is 1. The lowest BCUT2D eigenvalue weighted by Crippen LogP contribution is -2.37. The standard InChI is InChI=1S/C17H31N3O/c1-17(2,3)18-11-16-14(8-10-21-16)12-19(4)13-15-7-6-9-20(15)5/h8,10,15,18H,6-7,9,11-13H2,1-5H3. The summed E-state index contributed by atoms with van der Waals surface area (Å²) >= 11 is 0. The number of likely N-dealkylation sites (N-methyl/N-ethyl adjacent to an activating group) is 2. The third-order valence-electron chi connectivity index (χ3n) is 4.25. The molecule has 0 aromatic carbocycles. The van der Waals surface area contributed by atoms with E-state index in [0.717, 1.165) is 25.4 Å². The molecular weight excluding hydrogens is 262 g/mol. The lowest BCUT2D eigenvalue weighted by atomic mass is 10.1. The summed E-state index contributed by atoms with van der Waals surface area (Å²) in [6.07, 6.45) is 4.47. The molecule has 1 fully saturated rings. The Hall–Kier alpha value is -0.840. The van der Waals surface area contributed by atoms with E-state index in [9.17, 15) is 0 Å². The highest BCUT2D eigenvalue weighted by molar-refractivity contribution is 5.17. The Balaban J connectivity index is 1.86. The summed E-state index contributed by atoms with van der Waals surface area (Å²) in [6, 6.07) is 2.81. The molecule has 0 aliphatic carbocycles. The first-order valence-electron chi connectivity index (χ1n) is 8.04. The van der Waals surface area contributed by atoms with E-state index in [4.69, 9.17) is 4.42 Å². The van der Waals surface area contributed by atoms with Crippen LogP contribution in [0, 0.1) is 0 Å². The quantitative estimate of drug-likeness (QED) is 0.874. The van der Waals surface area contributed by atoms with E-state index < -0.39 is 0 Å². The van der Waals surface area contributed by atoms with Crippen LogP contribution in [0.2, 0.25) is 0 Å². The van der Waals surface area contributed by atoms with Crippen molar-refractivity contribution in [2.24, 2.45) is 0 Å². The lowest BCUT2D eigenvalue weighted by Gasteiger charge is -2.26. The van der Waals surface area contributed by atoms with Crippen molar-refractivity contribution in [3.63, 3.8) is 0 Å². The van der Waals surface area contributed by atoms with E-state index in [1.54, 1.807) is 0 Å². The van der Waals surface area contributed by atoms with E-state index in [1.165, 1.54) is 24.9 Å². The molecule has 0 bridgehead atoms. The Morgan fingerprint density at radius 3 is 2.81 bits per heavy atom. The second-order valence-electron chi connectivity index (χ2n) is 7.45. The van der Waals surface area contributed by atoms with Gasteiger partial charge in [-0.2, -0.15) is 0 Å². The molecule has 4 heteroatoms. The molecule has 1 aromatic rings. The van der Waals surface area contributed by atoms with Crippen LogP contribution in [-0.2, 0) is 13.1 Å². The molecule has 21 heavy (non-hydrogen) atoms. The highest BCUT2D eigenvalue weighted by atomic mass is 16.3. The maximum atomic E-state index is 5.65. The predicted molar refractivity (Wildman–Crippen MR) is 87.3 cm³/mol. The van der Waals surface area contributed by atoms with Crippen LogP contribution in [0.25, 0.3) is 0 Å². The monoisotopic (exact) mass is 293 g/mol. The zero-order chi connectivity index (χ0) is 15.5. The number of furan rings is 1. The van der Waals surface area contributed by atoms with Gasteiger partial charge in [-0.05, 0) is 60.3 Å². The number of nitrogens with zero attached hydrogens (tertiary/aromatic N) is 2. The van der Waals surface area contributed by atoms with Crippen LogP contribution in [0.1, 0.15) is 44.9 Å². The van der Waals surface area contributed by atoms with Crippen molar-refractivity contribution in [1.29, 1.82) is 0 Å². The fraction of sp³-hybridized carbons (Fsp3) is 0.765. The minimum Gasteiger partial charge on any atom is -0.468 e. The van der Waals surface area contributed by atoms with Gasteiger partial charge in [0.2, 0.25) is 0 Å². The zero-order valence-electron chi connectivity index (χ0n) is 14.3. The van der Waals surface area contributed by atoms with Crippen molar-refractivity contribution in [3.8, 4) is 0 Å².